The fourth-order valence-electron chi connectivity index (χ4n) is 2.67. The smallest absolute Gasteiger partial charge is 0.240 e. The maximum Gasteiger partial charge on any atom is 0.240 e. The summed E-state index contributed by atoms with van der Waals surface area (Å²) in [6.45, 7) is 6.02. The second-order valence-corrected chi connectivity index (χ2v) is 6.44. The first-order chi connectivity index (χ1) is 12.4. The monoisotopic (exact) mass is 354 g/mol. The summed E-state index contributed by atoms with van der Waals surface area (Å²) in [6.07, 6.45) is 0. The molecule has 0 aliphatic heterocycles. The van der Waals surface area contributed by atoms with E-state index in [1.54, 1.807) is 7.11 Å². The molecule has 0 bridgehead atoms. The Morgan fingerprint density at radius 1 is 1.08 bits per heavy atom. The number of carbonyl (C=O) groups is 2. The molecular weight excluding hydrogens is 328 g/mol. The van der Waals surface area contributed by atoms with Crippen molar-refractivity contribution in [2.24, 2.45) is 0 Å². The van der Waals surface area contributed by atoms with Gasteiger partial charge in [0.25, 0.3) is 0 Å². The van der Waals surface area contributed by atoms with Crippen LogP contribution in [0.3, 0.4) is 0 Å². The number of nitrogens with one attached hydrogen (secondary N) is 1. The van der Waals surface area contributed by atoms with E-state index in [1.165, 1.54) is 17.4 Å². The van der Waals surface area contributed by atoms with Crippen LogP contribution in [0.1, 0.15) is 37.8 Å². The summed E-state index contributed by atoms with van der Waals surface area (Å²) >= 11 is 0. The molecule has 1 N–H and O–H groups in total. The largest absolute Gasteiger partial charge is 0.496 e. The van der Waals surface area contributed by atoms with Crippen LogP contribution in [-0.4, -0.2) is 25.5 Å². The van der Waals surface area contributed by atoms with E-state index in [0.717, 1.165) is 11.3 Å². The predicted molar refractivity (Wildman–Crippen MR) is 103 cm³/mol. The van der Waals surface area contributed by atoms with Crippen molar-refractivity contribution < 1.29 is 14.3 Å². The zero-order valence-electron chi connectivity index (χ0n) is 15.8. The number of hydrogen-bond acceptors (Lipinski definition) is 3. The highest BCUT2D eigenvalue weighted by Gasteiger charge is 2.16. The van der Waals surface area contributed by atoms with Crippen LogP contribution in [0.25, 0.3) is 0 Å². The Morgan fingerprint density at radius 3 is 2.31 bits per heavy atom. The Balaban J connectivity index is 2.02. The van der Waals surface area contributed by atoms with Gasteiger partial charge >= 0.3 is 0 Å². The van der Waals surface area contributed by atoms with Gasteiger partial charge in [0.2, 0.25) is 11.8 Å². The van der Waals surface area contributed by atoms with Gasteiger partial charge < -0.3 is 15.0 Å². The van der Waals surface area contributed by atoms with Gasteiger partial charge in [0, 0.05) is 24.7 Å². The predicted octanol–water partition coefficient (Wildman–Crippen LogP) is 3.49. The molecule has 5 heteroatoms. The highest BCUT2D eigenvalue weighted by molar-refractivity contribution is 5.97. The molecule has 0 radical (unpaired) electrons. The first kappa shape index (κ1) is 19.5. The molecular formula is C21H26N2O3. The molecule has 2 rings (SSSR count). The van der Waals surface area contributed by atoms with Gasteiger partial charge in [-0.25, -0.2) is 0 Å². The molecule has 0 saturated heterocycles. The highest BCUT2D eigenvalue weighted by Crippen LogP contribution is 2.20. The van der Waals surface area contributed by atoms with Crippen LogP contribution in [0.4, 0.5) is 5.69 Å². The number of anilines is 1. The van der Waals surface area contributed by atoms with E-state index in [9.17, 15) is 9.59 Å². The molecule has 26 heavy (non-hydrogen) atoms. The molecule has 0 atom stereocenters. The fourth-order valence-corrected chi connectivity index (χ4v) is 2.67. The Bertz CT molecular complexity index is 754. The van der Waals surface area contributed by atoms with Crippen molar-refractivity contribution in [2.75, 3.05) is 18.6 Å². The van der Waals surface area contributed by atoms with Crippen LogP contribution in [-0.2, 0) is 16.1 Å². The van der Waals surface area contributed by atoms with Crippen LogP contribution in [0.15, 0.2) is 48.5 Å². The van der Waals surface area contributed by atoms with Crippen molar-refractivity contribution in [1.29, 1.82) is 0 Å². The second kappa shape index (κ2) is 9.04. The van der Waals surface area contributed by atoms with Crippen molar-refractivity contribution in [3.8, 4) is 5.75 Å². The van der Waals surface area contributed by atoms with Gasteiger partial charge in [-0.1, -0.05) is 44.2 Å². The number of methoxy groups -OCH3 is 1. The summed E-state index contributed by atoms with van der Waals surface area (Å²) in [4.78, 5) is 25.8. The molecule has 0 fully saturated rings. The van der Waals surface area contributed by atoms with Crippen LogP contribution in [0.2, 0.25) is 0 Å². The Kier molecular flexibility index (Phi) is 6.78. The van der Waals surface area contributed by atoms with Gasteiger partial charge in [-0.05, 0) is 29.7 Å². The summed E-state index contributed by atoms with van der Waals surface area (Å²) in [5.74, 6) is 0.744. The topological polar surface area (TPSA) is 58.6 Å². The average Bonchev–Trinajstić information content (AvgIpc) is 2.64. The third-order valence-corrected chi connectivity index (χ3v) is 4.22. The number of nitrogens with zero attached hydrogens (tertiary/aromatic N) is 1. The lowest BCUT2D eigenvalue weighted by Gasteiger charge is -2.21. The summed E-state index contributed by atoms with van der Waals surface area (Å²) < 4.78 is 5.28. The van der Waals surface area contributed by atoms with Crippen molar-refractivity contribution in [3.05, 3.63) is 59.7 Å². The number of ether oxygens (including phenoxy) is 1. The molecule has 0 aliphatic carbocycles. The van der Waals surface area contributed by atoms with Crippen LogP contribution >= 0.6 is 0 Å². The molecule has 0 unspecified atom stereocenters. The van der Waals surface area contributed by atoms with E-state index in [1.807, 2.05) is 48.5 Å². The quantitative estimate of drug-likeness (QED) is 0.828. The maximum atomic E-state index is 12.3. The van der Waals surface area contributed by atoms with Crippen molar-refractivity contribution in [1.82, 2.24) is 5.32 Å². The van der Waals surface area contributed by atoms with Gasteiger partial charge in [-0.3, -0.25) is 9.59 Å². The Morgan fingerprint density at radius 2 is 1.73 bits per heavy atom. The molecule has 2 amide bonds. The number of rotatable bonds is 7. The lowest BCUT2D eigenvalue weighted by atomic mass is 10.0. The third kappa shape index (κ3) is 5.09. The summed E-state index contributed by atoms with van der Waals surface area (Å²) in [6, 6.07) is 15.2. The number of para-hydroxylation sites is 1. The van der Waals surface area contributed by atoms with E-state index in [-0.39, 0.29) is 18.4 Å². The normalized spacial score (nSPS) is 10.5. The van der Waals surface area contributed by atoms with E-state index in [0.29, 0.717) is 18.2 Å². The Hall–Kier alpha value is -2.82. The number of benzene rings is 2. The number of hydrogen-bond donors (Lipinski definition) is 1. The number of carbonyl (C=O) groups excluding carboxylic acids is 2. The molecule has 2 aromatic carbocycles. The van der Waals surface area contributed by atoms with Crippen LogP contribution < -0.4 is 15.0 Å². The standard InChI is InChI=1S/C21H26N2O3/c1-15(2)17-9-11-19(12-10-17)23(16(3)24)14-21(25)22-13-18-7-5-6-8-20(18)26-4/h5-12,15H,13-14H2,1-4H3,(H,22,25). The average molecular weight is 354 g/mol. The third-order valence-electron chi connectivity index (χ3n) is 4.22. The lowest BCUT2D eigenvalue weighted by Crippen LogP contribution is -2.39. The van der Waals surface area contributed by atoms with Gasteiger partial charge in [0.15, 0.2) is 0 Å². The lowest BCUT2D eigenvalue weighted by molar-refractivity contribution is -0.123. The van der Waals surface area contributed by atoms with E-state index < -0.39 is 0 Å². The summed E-state index contributed by atoms with van der Waals surface area (Å²) in [5.41, 5.74) is 2.80. The summed E-state index contributed by atoms with van der Waals surface area (Å²) in [5, 5.41) is 2.85. The number of amides is 2. The molecule has 5 nitrogen and oxygen atoms in total. The highest BCUT2D eigenvalue weighted by atomic mass is 16.5. The van der Waals surface area contributed by atoms with E-state index in [2.05, 4.69) is 19.2 Å². The molecule has 0 heterocycles. The van der Waals surface area contributed by atoms with Crippen LogP contribution in [0.5, 0.6) is 5.75 Å². The van der Waals surface area contributed by atoms with Gasteiger partial charge in [-0.2, -0.15) is 0 Å². The van der Waals surface area contributed by atoms with Crippen LogP contribution in [0, 0.1) is 0 Å². The maximum absolute atomic E-state index is 12.3. The van der Waals surface area contributed by atoms with Gasteiger partial charge in [0.1, 0.15) is 12.3 Å². The minimum atomic E-state index is -0.223. The molecule has 138 valence electrons. The van der Waals surface area contributed by atoms with Crippen molar-refractivity contribution in [2.45, 2.75) is 33.2 Å². The first-order valence-electron chi connectivity index (χ1n) is 8.69. The Labute approximate surface area is 155 Å². The molecule has 0 aromatic heterocycles. The molecule has 0 saturated carbocycles. The minimum Gasteiger partial charge on any atom is -0.496 e. The second-order valence-electron chi connectivity index (χ2n) is 6.44. The fraction of sp³-hybridized carbons (Fsp3) is 0.333. The van der Waals surface area contributed by atoms with Crippen molar-refractivity contribution in [3.63, 3.8) is 0 Å². The van der Waals surface area contributed by atoms with Gasteiger partial charge in [0.05, 0.1) is 7.11 Å². The van der Waals surface area contributed by atoms with Gasteiger partial charge in [-0.15, -0.1) is 0 Å². The van der Waals surface area contributed by atoms with E-state index in [4.69, 9.17) is 4.74 Å². The summed E-state index contributed by atoms with van der Waals surface area (Å²) in [7, 11) is 1.60. The zero-order chi connectivity index (χ0) is 19.1. The SMILES string of the molecule is COc1ccccc1CNC(=O)CN(C(C)=O)c1ccc(C(C)C)cc1. The molecule has 2 aromatic rings. The molecule has 0 aliphatic rings. The molecule has 0 spiro atoms. The minimum absolute atomic E-state index is 0.0223. The zero-order valence-corrected chi connectivity index (χ0v) is 15.8. The van der Waals surface area contributed by atoms with E-state index >= 15 is 0 Å². The van der Waals surface area contributed by atoms with Crippen molar-refractivity contribution >= 4 is 17.5 Å². The first-order valence-corrected chi connectivity index (χ1v) is 8.69.